The Morgan fingerprint density at radius 1 is 1.08 bits per heavy atom. The van der Waals surface area contributed by atoms with Crippen LogP contribution in [0.5, 0.6) is 5.75 Å². The quantitative estimate of drug-likeness (QED) is 0.713. The van der Waals surface area contributed by atoms with E-state index in [1.807, 2.05) is 24.3 Å². The van der Waals surface area contributed by atoms with E-state index >= 15 is 0 Å². The van der Waals surface area contributed by atoms with Crippen molar-refractivity contribution in [2.75, 3.05) is 6.54 Å². The Hall–Kier alpha value is -2.79. The van der Waals surface area contributed by atoms with Gasteiger partial charge in [-0.3, -0.25) is 9.48 Å². The second-order valence-corrected chi connectivity index (χ2v) is 6.16. The standard InChI is InChI=1S/C19H18ClN3O2/c20-17-11-22-23(13-17)12-15-1-5-16(6-2-15)19(25)21-10-9-14-3-7-18(24)8-4-14/h1-8,11,13,24H,9-10,12H2,(H,21,25). The highest BCUT2D eigenvalue weighted by atomic mass is 35.5. The highest BCUT2D eigenvalue weighted by Gasteiger charge is 2.05. The maximum atomic E-state index is 12.2. The molecule has 0 aliphatic carbocycles. The molecule has 2 aromatic carbocycles. The lowest BCUT2D eigenvalue weighted by molar-refractivity contribution is 0.0954. The maximum Gasteiger partial charge on any atom is 0.251 e. The van der Waals surface area contributed by atoms with Crippen LogP contribution in [0, 0.1) is 0 Å². The minimum absolute atomic E-state index is 0.104. The Bertz CT molecular complexity index is 842. The average molecular weight is 356 g/mol. The second-order valence-electron chi connectivity index (χ2n) is 5.73. The zero-order chi connectivity index (χ0) is 17.6. The molecule has 1 heterocycles. The summed E-state index contributed by atoms with van der Waals surface area (Å²) in [7, 11) is 0. The fourth-order valence-corrected chi connectivity index (χ4v) is 2.61. The van der Waals surface area contributed by atoms with Crippen molar-refractivity contribution < 1.29 is 9.90 Å². The van der Waals surface area contributed by atoms with E-state index in [4.69, 9.17) is 11.6 Å². The highest BCUT2D eigenvalue weighted by molar-refractivity contribution is 6.30. The van der Waals surface area contributed by atoms with Crippen LogP contribution in [0.3, 0.4) is 0 Å². The van der Waals surface area contributed by atoms with Crippen molar-refractivity contribution >= 4 is 17.5 Å². The number of carbonyl (C=O) groups is 1. The SMILES string of the molecule is O=C(NCCc1ccc(O)cc1)c1ccc(Cn2cc(Cl)cn2)cc1. The van der Waals surface area contributed by atoms with Crippen LogP contribution in [0.4, 0.5) is 0 Å². The lowest BCUT2D eigenvalue weighted by atomic mass is 10.1. The second kappa shape index (κ2) is 7.85. The van der Waals surface area contributed by atoms with E-state index in [0.29, 0.717) is 30.1 Å². The molecule has 3 rings (SSSR count). The minimum Gasteiger partial charge on any atom is -0.508 e. The van der Waals surface area contributed by atoms with Gasteiger partial charge in [-0.25, -0.2) is 0 Å². The summed E-state index contributed by atoms with van der Waals surface area (Å²) in [5.41, 5.74) is 2.72. The number of phenols is 1. The summed E-state index contributed by atoms with van der Waals surface area (Å²) < 4.78 is 1.75. The van der Waals surface area contributed by atoms with Gasteiger partial charge in [-0.2, -0.15) is 5.10 Å². The van der Waals surface area contributed by atoms with Crippen molar-refractivity contribution in [2.24, 2.45) is 0 Å². The first-order chi connectivity index (χ1) is 12.1. The molecule has 0 saturated carbocycles. The third kappa shape index (κ3) is 4.84. The summed E-state index contributed by atoms with van der Waals surface area (Å²) in [6.07, 6.45) is 4.06. The molecule has 0 radical (unpaired) electrons. The summed E-state index contributed by atoms with van der Waals surface area (Å²) in [6.45, 7) is 1.15. The Morgan fingerprint density at radius 3 is 2.40 bits per heavy atom. The van der Waals surface area contributed by atoms with Gasteiger partial charge < -0.3 is 10.4 Å². The van der Waals surface area contributed by atoms with Crippen LogP contribution in [-0.4, -0.2) is 27.3 Å². The topological polar surface area (TPSA) is 67.2 Å². The molecule has 0 spiro atoms. The van der Waals surface area contributed by atoms with E-state index in [1.54, 1.807) is 41.3 Å². The van der Waals surface area contributed by atoms with E-state index < -0.39 is 0 Å². The fraction of sp³-hybridized carbons (Fsp3) is 0.158. The van der Waals surface area contributed by atoms with Crippen molar-refractivity contribution in [3.05, 3.63) is 82.6 Å². The number of aromatic nitrogens is 2. The first kappa shape index (κ1) is 17.0. The number of hydrogen-bond donors (Lipinski definition) is 2. The predicted octanol–water partition coefficient (Wildman–Crippen LogP) is 3.26. The number of hydrogen-bond acceptors (Lipinski definition) is 3. The van der Waals surface area contributed by atoms with Gasteiger partial charge in [-0.15, -0.1) is 0 Å². The molecule has 25 heavy (non-hydrogen) atoms. The zero-order valence-electron chi connectivity index (χ0n) is 13.5. The molecular weight excluding hydrogens is 338 g/mol. The molecule has 0 saturated heterocycles. The molecule has 3 aromatic rings. The van der Waals surface area contributed by atoms with Crippen LogP contribution in [0.1, 0.15) is 21.5 Å². The monoisotopic (exact) mass is 355 g/mol. The molecule has 0 unspecified atom stereocenters. The molecule has 0 bridgehead atoms. The van der Waals surface area contributed by atoms with E-state index in [9.17, 15) is 9.90 Å². The van der Waals surface area contributed by atoms with Gasteiger partial charge in [0.15, 0.2) is 0 Å². The van der Waals surface area contributed by atoms with Crippen molar-refractivity contribution in [2.45, 2.75) is 13.0 Å². The summed E-state index contributed by atoms with van der Waals surface area (Å²) in [4.78, 5) is 12.2. The molecule has 1 amide bonds. The maximum absolute atomic E-state index is 12.2. The van der Waals surface area contributed by atoms with Gasteiger partial charge in [-0.1, -0.05) is 35.9 Å². The molecule has 2 N–H and O–H groups in total. The van der Waals surface area contributed by atoms with Crippen LogP contribution in [0.2, 0.25) is 5.02 Å². The first-order valence-corrected chi connectivity index (χ1v) is 8.31. The molecular formula is C19H18ClN3O2. The highest BCUT2D eigenvalue weighted by Crippen LogP contribution is 2.11. The van der Waals surface area contributed by atoms with Crippen molar-refractivity contribution in [1.82, 2.24) is 15.1 Å². The summed E-state index contributed by atoms with van der Waals surface area (Å²) in [5.74, 6) is 0.137. The van der Waals surface area contributed by atoms with Gasteiger partial charge in [0, 0.05) is 18.3 Å². The minimum atomic E-state index is -0.104. The smallest absolute Gasteiger partial charge is 0.251 e. The van der Waals surface area contributed by atoms with Gasteiger partial charge in [-0.05, 0) is 41.8 Å². The lowest BCUT2D eigenvalue weighted by Gasteiger charge is -2.07. The Kier molecular flexibility index (Phi) is 5.36. The van der Waals surface area contributed by atoms with E-state index in [1.165, 1.54) is 0 Å². The molecule has 6 heteroatoms. The van der Waals surface area contributed by atoms with Gasteiger partial charge in [0.1, 0.15) is 5.75 Å². The Labute approximate surface area is 150 Å². The molecule has 1 aromatic heterocycles. The number of amides is 1. The van der Waals surface area contributed by atoms with Gasteiger partial charge in [0.05, 0.1) is 17.8 Å². The summed E-state index contributed by atoms with van der Waals surface area (Å²) in [6, 6.07) is 14.4. The van der Waals surface area contributed by atoms with Crippen LogP contribution in [-0.2, 0) is 13.0 Å². The number of rotatable bonds is 6. The number of benzene rings is 2. The molecule has 0 atom stereocenters. The van der Waals surface area contributed by atoms with Gasteiger partial charge in [0.2, 0.25) is 0 Å². The first-order valence-electron chi connectivity index (χ1n) is 7.93. The lowest BCUT2D eigenvalue weighted by Crippen LogP contribution is -2.25. The van der Waals surface area contributed by atoms with Crippen LogP contribution < -0.4 is 5.32 Å². The van der Waals surface area contributed by atoms with Crippen LogP contribution in [0.25, 0.3) is 0 Å². The molecule has 0 aliphatic rings. The Morgan fingerprint density at radius 2 is 1.76 bits per heavy atom. The van der Waals surface area contributed by atoms with Crippen molar-refractivity contribution in [1.29, 1.82) is 0 Å². The van der Waals surface area contributed by atoms with E-state index in [-0.39, 0.29) is 11.7 Å². The van der Waals surface area contributed by atoms with E-state index in [0.717, 1.165) is 11.1 Å². The third-order valence-corrected chi connectivity index (χ3v) is 3.99. The number of nitrogens with one attached hydrogen (secondary N) is 1. The normalized spacial score (nSPS) is 10.6. The van der Waals surface area contributed by atoms with Gasteiger partial charge >= 0.3 is 0 Å². The number of halogens is 1. The predicted molar refractivity (Wildman–Crippen MR) is 96.9 cm³/mol. The molecule has 128 valence electrons. The van der Waals surface area contributed by atoms with Crippen molar-refractivity contribution in [3.8, 4) is 5.75 Å². The third-order valence-electron chi connectivity index (χ3n) is 3.80. The van der Waals surface area contributed by atoms with Crippen LogP contribution in [0.15, 0.2) is 60.9 Å². The number of nitrogens with zero attached hydrogens (tertiary/aromatic N) is 2. The van der Waals surface area contributed by atoms with Gasteiger partial charge in [0.25, 0.3) is 5.91 Å². The molecule has 0 aliphatic heterocycles. The number of carbonyl (C=O) groups excluding carboxylic acids is 1. The fourth-order valence-electron chi connectivity index (χ4n) is 2.46. The average Bonchev–Trinajstić information content (AvgIpc) is 3.02. The zero-order valence-corrected chi connectivity index (χ0v) is 14.3. The van der Waals surface area contributed by atoms with E-state index in [2.05, 4.69) is 10.4 Å². The summed E-state index contributed by atoms with van der Waals surface area (Å²) >= 11 is 5.85. The number of aromatic hydroxyl groups is 1. The Balaban J connectivity index is 1.51. The molecule has 0 fully saturated rings. The largest absolute Gasteiger partial charge is 0.508 e. The molecule has 5 nitrogen and oxygen atoms in total. The van der Waals surface area contributed by atoms with Crippen LogP contribution >= 0.6 is 11.6 Å². The van der Waals surface area contributed by atoms with Crippen molar-refractivity contribution in [3.63, 3.8) is 0 Å². The summed E-state index contributed by atoms with van der Waals surface area (Å²) in [5, 5.41) is 16.9. The number of phenolic OH excluding ortho intramolecular Hbond substituents is 1.